The zero-order valence-corrected chi connectivity index (χ0v) is 13.8. The van der Waals surface area contributed by atoms with Gasteiger partial charge in [-0.25, -0.2) is 0 Å². The summed E-state index contributed by atoms with van der Waals surface area (Å²) in [4.78, 5) is 15.9. The van der Waals surface area contributed by atoms with Gasteiger partial charge in [-0.2, -0.15) is 5.10 Å². The lowest BCUT2D eigenvalue weighted by molar-refractivity contribution is 0.0895. The van der Waals surface area contributed by atoms with Gasteiger partial charge in [-0.15, -0.1) is 11.3 Å². The van der Waals surface area contributed by atoms with Crippen molar-refractivity contribution in [3.05, 3.63) is 29.3 Å². The van der Waals surface area contributed by atoms with Crippen LogP contribution in [0, 0.1) is 0 Å². The quantitative estimate of drug-likeness (QED) is 0.911. The molecular weight excluding hydrogens is 296 g/mol. The second-order valence-electron chi connectivity index (χ2n) is 6.02. The van der Waals surface area contributed by atoms with E-state index in [9.17, 15) is 4.79 Å². The maximum atomic E-state index is 12.3. The number of aromatic nitrogens is 2. The molecule has 1 aliphatic rings. The molecule has 2 aromatic heterocycles. The number of carbonyl (C=O) groups is 1. The van der Waals surface area contributed by atoms with Crippen LogP contribution >= 0.6 is 11.3 Å². The van der Waals surface area contributed by atoms with Crippen LogP contribution in [0.2, 0.25) is 0 Å². The number of aromatic amines is 1. The second kappa shape index (κ2) is 6.62. The van der Waals surface area contributed by atoms with Gasteiger partial charge in [0, 0.05) is 25.2 Å². The number of hydrogen-bond acceptors (Lipinski definition) is 4. The lowest BCUT2D eigenvalue weighted by Crippen LogP contribution is -2.46. The highest BCUT2D eigenvalue weighted by atomic mass is 32.1. The van der Waals surface area contributed by atoms with E-state index in [1.54, 1.807) is 11.3 Å². The molecule has 0 unspecified atom stereocenters. The molecule has 22 heavy (non-hydrogen) atoms. The Bertz CT molecular complexity index is 612. The molecule has 1 saturated heterocycles. The topological polar surface area (TPSA) is 61.0 Å². The van der Waals surface area contributed by atoms with Crippen molar-refractivity contribution in [2.24, 2.45) is 0 Å². The first-order valence-corrected chi connectivity index (χ1v) is 8.65. The molecule has 0 spiro atoms. The molecule has 3 rings (SSSR count). The largest absolute Gasteiger partial charge is 0.348 e. The van der Waals surface area contributed by atoms with Crippen LogP contribution in [0.15, 0.2) is 23.6 Å². The summed E-state index contributed by atoms with van der Waals surface area (Å²) < 4.78 is 0. The van der Waals surface area contributed by atoms with Crippen molar-refractivity contribution in [3.8, 4) is 10.6 Å². The number of piperidine rings is 1. The highest BCUT2D eigenvalue weighted by Gasteiger charge is 2.23. The summed E-state index contributed by atoms with van der Waals surface area (Å²) in [5, 5.41) is 12.2. The van der Waals surface area contributed by atoms with E-state index >= 15 is 0 Å². The van der Waals surface area contributed by atoms with Crippen LogP contribution in [0.5, 0.6) is 0 Å². The van der Waals surface area contributed by atoms with Gasteiger partial charge in [-0.05, 0) is 44.2 Å². The highest BCUT2D eigenvalue weighted by Crippen LogP contribution is 2.23. The molecular formula is C16H22N4OS. The summed E-state index contributed by atoms with van der Waals surface area (Å²) >= 11 is 1.63. The molecule has 2 aromatic rings. The maximum absolute atomic E-state index is 12.3. The molecule has 6 heteroatoms. The summed E-state index contributed by atoms with van der Waals surface area (Å²) in [6, 6.07) is 6.66. The SMILES string of the molecule is CC(C)N1CCC(NC(=O)c2cc(-c3cccs3)[nH]n2)CC1. The minimum Gasteiger partial charge on any atom is -0.348 e. The van der Waals surface area contributed by atoms with Crippen LogP contribution in [0.1, 0.15) is 37.2 Å². The average molecular weight is 318 g/mol. The molecule has 0 saturated carbocycles. The van der Waals surface area contributed by atoms with Crippen LogP contribution in [-0.4, -0.2) is 46.2 Å². The summed E-state index contributed by atoms with van der Waals surface area (Å²) in [6.07, 6.45) is 2.01. The van der Waals surface area contributed by atoms with Crippen molar-refractivity contribution in [1.29, 1.82) is 0 Å². The Labute approximate surface area is 134 Å². The molecule has 2 N–H and O–H groups in total. The molecule has 118 valence electrons. The zero-order chi connectivity index (χ0) is 15.5. The maximum Gasteiger partial charge on any atom is 0.272 e. The summed E-state index contributed by atoms with van der Waals surface area (Å²) in [5.41, 5.74) is 1.37. The first kappa shape index (κ1) is 15.2. The Morgan fingerprint density at radius 2 is 2.23 bits per heavy atom. The number of carbonyl (C=O) groups excluding carboxylic acids is 1. The monoisotopic (exact) mass is 318 g/mol. The fourth-order valence-corrected chi connectivity index (χ4v) is 3.51. The average Bonchev–Trinajstić information content (AvgIpc) is 3.19. The number of hydrogen-bond donors (Lipinski definition) is 2. The summed E-state index contributed by atoms with van der Waals surface area (Å²) in [6.45, 7) is 6.52. The summed E-state index contributed by atoms with van der Waals surface area (Å²) in [5.74, 6) is -0.0814. The van der Waals surface area contributed by atoms with Gasteiger partial charge in [0.15, 0.2) is 5.69 Å². The van der Waals surface area contributed by atoms with Crippen LogP contribution in [-0.2, 0) is 0 Å². The minimum absolute atomic E-state index is 0.0814. The van der Waals surface area contributed by atoms with E-state index in [1.807, 2.05) is 23.6 Å². The van der Waals surface area contributed by atoms with Crippen molar-refractivity contribution >= 4 is 17.2 Å². The van der Waals surface area contributed by atoms with Crippen molar-refractivity contribution in [2.45, 2.75) is 38.8 Å². The Hall–Kier alpha value is -1.66. The van der Waals surface area contributed by atoms with Gasteiger partial charge in [0.1, 0.15) is 0 Å². The molecule has 1 amide bonds. The highest BCUT2D eigenvalue weighted by molar-refractivity contribution is 7.13. The predicted molar refractivity (Wildman–Crippen MR) is 89.1 cm³/mol. The first-order chi connectivity index (χ1) is 10.6. The Morgan fingerprint density at radius 1 is 1.45 bits per heavy atom. The Balaban J connectivity index is 1.57. The third-order valence-electron chi connectivity index (χ3n) is 4.19. The standard InChI is InChI=1S/C16H22N4OS/c1-11(2)20-7-5-12(6-8-20)17-16(21)14-10-13(18-19-14)15-4-3-9-22-15/h3-4,9-12H,5-8H2,1-2H3,(H,17,21)(H,18,19). The number of thiophene rings is 1. The van der Waals surface area contributed by atoms with Crippen LogP contribution < -0.4 is 5.32 Å². The smallest absolute Gasteiger partial charge is 0.272 e. The van der Waals surface area contributed by atoms with E-state index in [2.05, 4.69) is 34.3 Å². The number of H-pyrrole nitrogens is 1. The van der Waals surface area contributed by atoms with Gasteiger partial charge in [-0.3, -0.25) is 9.89 Å². The molecule has 3 heterocycles. The van der Waals surface area contributed by atoms with Crippen LogP contribution in [0.25, 0.3) is 10.6 Å². The minimum atomic E-state index is -0.0814. The normalized spacial score (nSPS) is 17.0. The second-order valence-corrected chi connectivity index (χ2v) is 6.97. The zero-order valence-electron chi connectivity index (χ0n) is 13.0. The van der Waals surface area contributed by atoms with E-state index in [1.165, 1.54) is 0 Å². The predicted octanol–water partition coefficient (Wildman–Crippen LogP) is 2.74. The van der Waals surface area contributed by atoms with Crippen LogP contribution in [0.4, 0.5) is 0 Å². The number of amides is 1. The summed E-state index contributed by atoms with van der Waals surface area (Å²) in [7, 11) is 0. The molecule has 0 bridgehead atoms. The molecule has 0 atom stereocenters. The third kappa shape index (κ3) is 3.39. The van der Waals surface area contributed by atoms with Crippen molar-refractivity contribution in [3.63, 3.8) is 0 Å². The lowest BCUT2D eigenvalue weighted by Gasteiger charge is -2.34. The lowest BCUT2D eigenvalue weighted by atomic mass is 10.0. The number of likely N-dealkylation sites (tertiary alicyclic amines) is 1. The van der Waals surface area contributed by atoms with Gasteiger partial charge >= 0.3 is 0 Å². The molecule has 1 aliphatic heterocycles. The molecule has 0 radical (unpaired) electrons. The van der Waals surface area contributed by atoms with E-state index < -0.39 is 0 Å². The van der Waals surface area contributed by atoms with Gasteiger partial charge in [0.05, 0.1) is 10.6 Å². The first-order valence-electron chi connectivity index (χ1n) is 7.77. The van der Waals surface area contributed by atoms with Crippen molar-refractivity contribution in [1.82, 2.24) is 20.4 Å². The number of nitrogens with one attached hydrogen (secondary N) is 2. The van der Waals surface area contributed by atoms with E-state index in [0.717, 1.165) is 36.5 Å². The fraction of sp³-hybridized carbons (Fsp3) is 0.500. The number of nitrogens with zero attached hydrogens (tertiary/aromatic N) is 2. The van der Waals surface area contributed by atoms with E-state index in [4.69, 9.17) is 0 Å². The number of rotatable bonds is 4. The Morgan fingerprint density at radius 3 is 2.86 bits per heavy atom. The van der Waals surface area contributed by atoms with Gasteiger partial charge < -0.3 is 10.2 Å². The third-order valence-corrected chi connectivity index (χ3v) is 5.10. The molecule has 0 aromatic carbocycles. The van der Waals surface area contributed by atoms with E-state index in [-0.39, 0.29) is 11.9 Å². The van der Waals surface area contributed by atoms with Gasteiger partial charge in [0.2, 0.25) is 0 Å². The fourth-order valence-electron chi connectivity index (χ4n) is 2.82. The van der Waals surface area contributed by atoms with E-state index in [0.29, 0.717) is 11.7 Å². The molecule has 0 aliphatic carbocycles. The Kier molecular flexibility index (Phi) is 4.59. The molecule has 5 nitrogen and oxygen atoms in total. The molecule has 1 fully saturated rings. The van der Waals surface area contributed by atoms with Gasteiger partial charge in [-0.1, -0.05) is 6.07 Å². The van der Waals surface area contributed by atoms with Crippen molar-refractivity contribution in [2.75, 3.05) is 13.1 Å². The van der Waals surface area contributed by atoms with Gasteiger partial charge in [0.25, 0.3) is 5.91 Å². The van der Waals surface area contributed by atoms with Crippen LogP contribution in [0.3, 0.4) is 0 Å². The van der Waals surface area contributed by atoms with Crippen molar-refractivity contribution < 1.29 is 4.79 Å².